The number of primary sulfonamides is 1. The fourth-order valence-corrected chi connectivity index (χ4v) is 3.99. The highest BCUT2D eigenvalue weighted by Gasteiger charge is 2.29. The van der Waals surface area contributed by atoms with Crippen molar-refractivity contribution in [3.63, 3.8) is 0 Å². The molecule has 0 unspecified atom stereocenters. The van der Waals surface area contributed by atoms with Gasteiger partial charge in [0, 0.05) is 13.0 Å². The molecule has 2 aromatic carbocycles. The second-order valence-electron chi connectivity index (χ2n) is 6.71. The number of nitrogens with two attached hydrogens (primary N) is 1. The Hall–Kier alpha value is -2.38. The molecule has 27 heavy (non-hydrogen) atoms. The van der Waals surface area contributed by atoms with Crippen LogP contribution in [0.15, 0.2) is 53.4 Å². The fraction of sp³-hybridized carbons (Fsp3) is 0.350. The van der Waals surface area contributed by atoms with E-state index in [1.54, 1.807) is 19.2 Å². The highest BCUT2D eigenvalue weighted by Crippen LogP contribution is 2.33. The third-order valence-electron chi connectivity index (χ3n) is 4.95. The molecule has 144 valence electrons. The molecule has 1 heterocycles. The predicted octanol–water partition coefficient (Wildman–Crippen LogP) is 2.64. The Morgan fingerprint density at radius 1 is 1.15 bits per heavy atom. The molecule has 2 N–H and O–H groups in total. The van der Waals surface area contributed by atoms with Gasteiger partial charge in [-0.3, -0.25) is 4.79 Å². The molecule has 0 aliphatic carbocycles. The van der Waals surface area contributed by atoms with Crippen LogP contribution in [0.25, 0.3) is 0 Å². The molecule has 1 saturated heterocycles. The summed E-state index contributed by atoms with van der Waals surface area (Å²) in [7, 11) is -2.06. The third kappa shape index (κ3) is 4.67. The highest BCUT2D eigenvalue weighted by atomic mass is 32.2. The van der Waals surface area contributed by atoms with Crippen molar-refractivity contribution in [2.75, 3.05) is 13.7 Å². The lowest BCUT2D eigenvalue weighted by molar-refractivity contribution is -0.132. The topological polar surface area (TPSA) is 89.7 Å². The molecule has 1 amide bonds. The average Bonchev–Trinajstić information content (AvgIpc) is 3.16. The lowest BCUT2D eigenvalue weighted by atomic mass is 10.0. The Balaban J connectivity index is 1.62. The van der Waals surface area contributed by atoms with Gasteiger partial charge in [0.15, 0.2) is 0 Å². The van der Waals surface area contributed by atoms with Crippen LogP contribution in [0.4, 0.5) is 0 Å². The first kappa shape index (κ1) is 19.4. The summed E-state index contributed by atoms with van der Waals surface area (Å²) in [5.41, 5.74) is 2.04. The molecule has 6 nitrogen and oxygen atoms in total. The summed E-state index contributed by atoms with van der Waals surface area (Å²) in [5, 5.41) is 5.10. The molecular formula is C20H24N2O4S. The minimum Gasteiger partial charge on any atom is -0.497 e. The summed E-state index contributed by atoms with van der Waals surface area (Å²) in [4.78, 5) is 14.8. The van der Waals surface area contributed by atoms with Crippen LogP contribution in [0.5, 0.6) is 5.75 Å². The van der Waals surface area contributed by atoms with Gasteiger partial charge < -0.3 is 9.64 Å². The van der Waals surface area contributed by atoms with Crippen molar-refractivity contribution < 1.29 is 17.9 Å². The van der Waals surface area contributed by atoms with Gasteiger partial charge in [-0.15, -0.1) is 0 Å². The molecule has 0 aromatic heterocycles. The molecule has 2 aromatic rings. The second-order valence-corrected chi connectivity index (χ2v) is 8.27. The first-order chi connectivity index (χ1) is 12.9. The largest absolute Gasteiger partial charge is 0.497 e. The standard InChI is InChI=1S/C20H24N2O4S/c1-26-17-9-7-16(8-10-17)19-3-2-14-22(19)20(23)13-6-15-4-11-18(12-5-15)27(21,24)25/h4-5,7-12,19H,2-3,6,13-14H2,1H3,(H2,21,24,25)/t19-/m0/s1. The van der Waals surface area contributed by atoms with Crippen LogP contribution in [0.2, 0.25) is 0 Å². The van der Waals surface area contributed by atoms with Gasteiger partial charge >= 0.3 is 0 Å². The van der Waals surface area contributed by atoms with E-state index in [0.717, 1.165) is 36.3 Å². The van der Waals surface area contributed by atoms with Gasteiger partial charge in [-0.2, -0.15) is 0 Å². The molecule has 1 fully saturated rings. The van der Waals surface area contributed by atoms with Crippen LogP contribution in [0, 0.1) is 0 Å². The summed E-state index contributed by atoms with van der Waals surface area (Å²) < 4.78 is 27.8. The number of amides is 1. The molecule has 0 spiro atoms. The number of carbonyl (C=O) groups is 1. The van der Waals surface area contributed by atoms with Crippen molar-refractivity contribution in [2.24, 2.45) is 5.14 Å². The maximum atomic E-state index is 12.7. The van der Waals surface area contributed by atoms with Gasteiger partial charge in [-0.25, -0.2) is 13.6 Å². The van der Waals surface area contributed by atoms with Gasteiger partial charge in [-0.1, -0.05) is 24.3 Å². The normalized spacial score (nSPS) is 17.1. The number of carbonyl (C=O) groups excluding carboxylic acids is 1. The monoisotopic (exact) mass is 388 g/mol. The van der Waals surface area contributed by atoms with Crippen molar-refractivity contribution in [1.29, 1.82) is 0 Å². The molecule has 1 aliphatic rings. The number of hydrogen-bond acceptors (Lipinski definition) is 4. The maximum Gasteiger partial charge on any atom is 0.238 e. The van der Waals surface area contributed by atoms with E-state index >= 15 is 0 Å². The molecule has 0 saturated carbocycles. The van der Waals surface area contributed by atoms with Crippen LogP contribution >= 0.6 is 0 Å². The zero-order valence-corrected chi connectivity index (χ0v) is 16.1. The van der Waals surface area contributed by atoms with Crippen molar-refractivity contribution in [3.05, 3.63) is 59.7 Å². The van der Waals surface area contributed by atoms with Crippen LogP contribution in [0.3, 0.4) is 0 Å². The lowest BCUT2D eigenvalue weighted by Gasteiger charge is -2.25. The summed E-state index contributed by atoms with van der Waals surface area (Å²) in [6.07, 6.45) is 2.91. The summed E-state index contributed by atoms with van der Waals surface area (Å²) in [6, 6.07) is 14.3. The zero-order valence-electron chi connectivity index (χ0n) is 15.3. The van der Waals surface area contributed by atoms with Crippen molar-refractivity contribution >= 4 is 15.9 Å². The van der Waals surface area contributed by atoms with Crippen molar-refractivity contribution in [1.82, 2.24) is 4.90 Å². The van der Waals surface area contributed by atoms with E-state index in [2.05, 4.69) is 0 Å². The average molecular weight is 388 g/mol. The first-order valence-electron chi connectivity index (χ1n) is 8.93. The number of aryl methyl sites for hydroxylation is 1. The summed E-state index contributed by atoms with van der Waals surface area (Å²) in [6.45, 7) is 0.764. The van der Waals surface area contributed by atoms with E-state index in [4.69, 9.17) is 9.88 Å². The number of likely N-dealkylation sites (tertiary alicyclic amines) is 1. The number of methoxy groups -OCH3 is 1. The van der Waals surface area contributed by atoms with Gasteiger partial charge in [0.05, 0.1) is 18.0 Å². The van der Waals surface area contributed by atoms with E-state index in [1.165, 1.54) is 12.1 Å². The Bertz CT molecular complexity index is 893. The Morgan fingerprint density at radius 3 is 2.41 bits per heavy atom. The van der Waals surface area contributed by atoms with Crippen LogP contribution in [-0.4, -0.2) is 32.9 Å². The van der Waals surface area contributed by atoms with Crippen LogP contribution < -0.4 is 9.88 Å². The van der Waals surface area contributed by atoms with Crippen LogP contribution in [-0.2, 0) is 21.2 Å². The summed E-state index contributed by atoms with van der Waals surface area (Å²) in [5.74, 6) is 0.918. The van der Waals surface area contributed by atoms with E-state index in [9.17, 15) is 13.2 Å². The molecule has 1 aliphatic heterocycles. The van der Waals surface area contributed by atoms with E-state index < -0.39 is 10.0 Å². The molecule has 1 atom stereocenters. The number of benzene rings is 2. The molecule has 7 heteroatoms. The minimum atomic E-state index is -3.69. The minimum absolute atomic E-state index is 0.0803. The molecule has 3 rings (SSSR count). The van der Waals surface area contributed by atoms with Crippen LogP contribution in [0.1, 0.15) is 36.4 Å². The smallest absolute Gasteiger partial charge is 0.238 e. The third-order valence-corrected chi connectivity index (χ3v) is 5.88. The SMILES string of the molecule is COc1ccc([C@@H]2CCCN2C(=O)CCc2ccc(S(N)(=O)=O)cc2)cc1. The van der Waals surface area contributed by atoms with Gasteiger partial charge in [0.1, 0.15) is 5.75 Å². The zero-order chi connectivity index (χ0) is 19.4. The van der Waals surface area contributed by atoms with E-state index in [1.807, 2.05) is 29.2 Å². The lowest BCUT2D eigenvalue weighted by Crippen LogP contribution is -2.30. The van der Waals surface area contributed by atoms with E-state index in [-0.39, 0.29) is 16.8 Å². The van der Waals surface area contributed by atoms with E-state index in [0.29, 0.717) is 12.8 Å². The van der Waals surface area contributed by atoms with Gasteiger partial charge in [0.25, 0.3) is 0 Å². The Kier molecular flexibility index (Phi) is 5.82. The Morgan fingerprint density at radius 2 is 1.81 bits per heavy atom. The molecule has 0 bridgehead atoms. The summed E-state index contributed by atoms with van der Waals surface area (Å²) >= 11 is 0. The first-order valence-corrected chi connectivity index (χ1v) is 10.5. The number of hydrogen-bond donors (Lipinski definition) is 1. The quantitative estimate of drug-likeness (QED) is 0.824. The van der Waals surface area contributed by atoms with Gasteiger partial charge in [0.2, 0.25) is 15.9 Å². The number of rotatable bonds is 6. The van der Waals surface area contributed by atoms with Gasteiger partial charge in [-0.05, 0) is 54.7 Å². The Labute approximate surface area is 160 Å². The van der Waals surface area contributed by atoms with Crippen molar-refractivity contribution in [2.45, 2.75) is 36.6 Å². The fourth-order valence-electron chi connectivity index (χ4n) is 3.48. The second kappa shape index (κ2) is 8.10. The maximum absolute atomic E-state index is 12.7. The molecule has 0 radical (unpaired) electrons. The van der Waals surface area contributed by atoms with Crippen molar-refractivity contribution in [3.8, 4) is 5.75 Å². The highest BCUT2D eigenvalue weighted by molar-refractivity contribution is 7.89. The number of nitrogens with zero attached hydrogens (tertiary/aromatic N) is 1. The number of sulfonamides is 1. The molecular weight excluding hydrogens is 364 g/mol. The predicted molar refractivity (Wildman–Crippen MR) is 103 cm³/mol. The number of ether oxygens (including phenoxy) is 1.